The number of halogens is 2. The fourth-order valence-electron chi connectivity index (χ4n) is 2.49. The van der Waals surface area contributed by atoms with Gasteiger partial charge in [-0.3, -0.25) is 9.03 Å². The Kier molecular flexibility index (Phi) is 5.02. The van der Waals surface area contributed by atoms with Crippen molar-refractivity contribution in [3.05, 3.63) is 52.0 Å². The van der Waals surface area contributed by atoms with Gasteiger partial charge < -0.3 is 0 Å². The average Bonchev–Trinajstić information content (AvgIpc) is 2.89. The Labute approximate surface area is 160 Å². The number of hydrogen-bond donors (Lipinski definition) is 1. The molecule has 1 aliphatic rings. The molecular formula is C15H14BrClN2O4S2. The van der Waals surface area contributed by atoms with E-state index in [-0.39, 0.29) is 21.4 Å². The number of sulfonamides is 2. The van der Waals surface area contributed by atoms with E-state index in [0.29, 0.717) is 18.7 Å². The van der Waals surface area contributed by atoms with Crippen LogP contribution in [0.25, 0.3) is 0 Å². The van der Waals surface area contributed by atoms with Crippen molar-refractivity contribution in [1.29, 1.82) is 0 Å². The van der Waals surface area contributed by atoms with Gasteiger partial charge in [0.05, 0.1) is 27.0 Å². The van der Waals surface area contributed by atoms with E-state index in [1.165, 1.54) is 34.6 Å². The lowest BCUT2D eigenvalue weighted by atomic mass is 10.3. The van der Waals surface area contributed by atoms with Crippen LogP contribution in [0, 0.1) is 0 Å². The smallest absolute Gasteiger partial charge is 0.261 e. The van der Waals surface area contributed by atoms with Crippen molar-refractivity contribution < 1.29 is 16.8 Å². The van der Waals surface area contributed by atoms with Crippen LogP contribution in [0.3, 0.4) is 0 Å². The maximum absolute atomic E-state index is 12.4. The summed E-state index contributed by atoms with van der Waals surface area (Å²) in [5.74, 6) is 0.0998. The van der Waals surface area contributed by atoms with Crippen LogP contribution in [0.4, 0.5) is 11.4 Å². The van der Waals surface area contributed by atoms with E-state index in [2.05, 4.69) is 20.7 Å². The first-order valence-electron chi connectivity index (χ1n) is 7.27. The topological polar surface area (TPSA) is 83.6 Å². The zero-order chi connectivity index (χ0) is 18.2. The largest absolute Gasteiger partial charge is 0.278 e. The summed E-state index contributed by atoms with van der Waals surface area (Å²) in [6.07, 6.45) is 0.553. The Hall–Kier alpha value is -1.29. The highest BCUT2D eigenvalue weighted by molar-refractivity contribution is 9.10. The fraction of sp³-hybridized carbons (Fsp3) is 0.200. The average molecular weight is 466 g/mol. The Morgan fingerprint density at radius 2 is 1.80 bits per heavy atom. The first-order chi connectivity index (χ1) is 11.7. The van der Waals surface area contributed by atoms with Crippen LogP contribution >= 0.6 is 27.5 Å². The third-order valence-corrected chi connectivity index (χ3v) is 7.80. The summed E-state index contributed by atoms with van der Waals surface area (Å²) in [4.78, 5) is 0.0953. The van der Waals surface area contributed by atoms with Crippen LogP contribution < -0.4 is 9.03 Å². The van der Waals surface area contributed by atoms with Crippen molar-refractivity contribution in [1.82, 2.24) is 0 Å². The SMILES string of the molecule is O=S(=O)(Nc1ccc(N2CCCS2(=O)=O)cc1Cl)c1ccc(Br)cc1. The lowest BCUT2D eigenvalue weighted by Crippen LogP contribution is -2.25. The van der Waals surface area contributed by atoms with E-state index in [1.54, 1.807) is 12.1 Å². The van der Waals surface area contributed by atoms with Crippen molar-refractivity contribution in [3.8, 4) is 0 Å². The Morgan fingerprint density at radius 3 is 2.36 bits per heavy atom. The summed E-state index contributed by atoms with van der Waals surface area (Å²) in [5.41, 5.74) is 0.610. The normalized spacial score (nSPS) is 16.8. The molecule has 0 saturated carbocycles. The van der Waals surface area contributed by atoms with Gasteiger partial charge >= 0.3 is 0 Å². The summed E-state index contributed by atoms with van der Waals surface area (Å²) < 4.78 is 53.2. The standard InChI is InChI=1S/C15H14BrClN2O4S2/c16-11-2-5-13(6-3-11)25(22,23)18-15-7-4-12(10-14(15)17)19-8-1-9-24(19,20)21/h2-7,10,18H,1,8-9H2. The van der Waals surface area contributed by atoms with Gasteiger partial charge in [-0.05, 0) is 48.9 Å². The van der Waals surface area contributed by atoms with Gasteiger partial charge in [0.25, 0.3) is 10.0 Å². The van der Waals surface area contributed by atoms with Crippen LogP contribution in [-0.2, 0) is 20.0 Å². The molecule has 25 heavy (non-hydrogen) atoms. The van der Waals surface area contributed by atoms with Gasteiger partial charge in [-0.15, -0.1) is 0 Å². The number of anilines is 2. The molecule has 0 bridgehead atoms. The molecule has 1 fully saturated rings. The quantitative estimate of drug-likeness (QED) is 0.750. The van der Waals surface area contributed by atoms with Crippen molar-refractivity contribution in [2.75, 3.05) is 21.3 Å². The second kappa shape index (κ2) is 6.79. The lowest BCUT2D eigenvalue weighted by molar-refractivity contribution is 0.598. The van der Waals surface area contributed by atoms with Crippen molar-refractivity contribution in [2.45, 2.75) is 11.3 Å². The van der Waals surface area contributed by atoms with Crippen LogP contribution in [0.5, 0.6) is 0 Å². The molecule has 2 aromatic carbocycles. The Balaban J connectivity index is 1.88. The monoisotopic (exact) mass is 464 g/mol. The minimum absolute atomic E-state index is 0.0953. The highest BCUT2D eigenvalue weighted by atomic mass is 79.9. The highest BCUT2D eigenvalue weighted by Gasteiger charge is 2.29. The van der Waals surface area contributed by atoms with E-state index in [4.69, 9.17) is 11.6 Å². The zero-order valence-electron chi connectivity index (χ0n) is 12.8. The summed E-state index contributed by atoms with van der Waals surface area (Å²) >= 11 is 9.41. The minimum Gasteiger partial charge on any atom is -0.278 e. The van der Waals surface area contributed by atoms with Crippen molar-refractivity contribution in [2.24, 2.45) is 0 Å². The first-order valence-corrected chi connectivity index (χ1v) is 11.5. The summed E-state index contributed by atoms with van der Waals surface area (Å²) in [6.45, 7) is 0.391. The number of nitrogens with one attached hydrogen (secondary N) is 1. The second-order valence-electron chi connectivity index (χ2n) is 5.47. The molecule has 1 saturated heterocycles. The summed E-state index contributed by atoms with van der Waals surface area (Å²) in [7, 11) is -7.11. The molecule has 134 valence electrons. The van der Waals surface area contributed by atoms with Gasteiger partial charge in [0.15, 0.2) is 0 Å². The van der Waals surface area contributed by atoms with Gasteiger partial charge in [-0.2, -0.15) is 0 Å². The van der Waals surface area contributed by atoms with Crippen LogP contribution in [0.15, 0.2) is 51.8 Å². The molecule has 0 unspecified atom stereocenters. The molecule has 6 nitrogen and oxygen atoms in total. The number of nitrogens with zero attached hydrogens (tertiary/aromatic N) is 1. The molecule has 0 aliphatic carbocycles. The number of benzene rings is 2. The van der Waals surface area contributed by atoms with Crippen molar-refractivity contribution in [3.63, 3.8) is 0 Å². The molecule has 3 rings (SSSR count). The predicted molar refractivity (Wildman–Crippen MR) is 102 cm³/mol. The maximum atomic E-state index is 12.4. The molecular weight excluding hydrogens is 452 g/mol. The van der Waals surface area contributed by atoms with Crippen LogP contribution in [0.2, 0.25) is 5.02 Å². The lowest BCUT2D eigenvalue weighted by Gasteiger charge is -2.18. The summed E-state index contributed by atoms with van der Waals surface area (Å²) in [5, 5.41) is 0.125. The third kappa shape index (κ3) is 3.94. The molecule has 10 heteroatoms. The van der Waals surface area contributed by atoms with Gasteiger partial charge in [0, 0.05) is 11.0 Å². The molecule has 1 heterocycles. The molecule has 0 spiro atoms. The molecule has 0 atom stereocenters. The van der Waals surface area contributed by atoms with Crippen molar-refractivity contribution >= 4 is 59.0 Å². The van der Waals surface area contributed by atoms with Crippen LogP contribution in [0.1, 0.15) is 6.42 Å². The molecule has 1 aliphatic heterocycles. The number of hydrogen-bond acceptors (Lipinski definition) is 4. The summed E-state index contributed by atoms with van der Waals surface area (Å²) in [6, 6.07) is 10.6. The minimum atomic E-state index is -3.79. The van der Waals surface area contributed by atoms with Gasteiger partial charge in [-0.1, -0.05) is 27.5 Å². The zero-order valence-corrected chi connectivity index (χ0v) is 16.8. The first kappa shape index (κ1) is 18.5. The fourth-order valence-corrected chi connectivity index (χ4v) is 5.67. The highest BCUT2D eigenvalue weighted by Crippen LogP contribution is 2.32. The van der Waals surface area contributed by atoms with Gasteiger partial charge in [-0.25, -0.2) is 16.8 Å². The van der Waals surface area contributed by atoms with E-state index in [0.717, 1.165) is 4.47 Å². The van der Waals surface area contributed by atoms with E-state index >= 15 is 0 Å². The molecule has 2 aromatic rings. The predicted octanol–water partition coefficient (Wildman–Crippen LogP) is 3.44. The Morgan fingerprint density at radius 1 is 1.12 bits per heavy atom. The maximum Gasteiger partial charge on any atom is 0.261 e. The van der Waals surface area contributed by atoms with Crippen LogP contribution in [-0.4, -0.2) is 29.1 Å². The second-order valence-corrected chi connectivity index (χ2v) is 10.5. The number of rotatable bonds is 4. The van der Waals surface area contributed by atoms with E-state index in [9.17, 15) is 16.8 Å². The van der Waals surface area contributed by atoms with Gasteiger partial charge in [0.1, 0.15) is 0 Å². The van der Waals surface area contributed by atoms with E-state index in [1.807, 2.05) is 0 Å². The third-order valence-electron chi connectivity index (χ3n) is 3.71. The Bertz CT molecular complexity index is 1010. The molecule has 0 radical (unpaired) electrons. The molecule has 1 N–H and O–H groups in total. The van der Waals surface area contributed by atoms with Gasteiger partial charge in [0.2, 0.25) is 10.0 Å². The molecule has 0 amide bonds. The molecule has 0 aromatic heterocycles. The van der Waals surface area contributed by atoms with E-state index < -0.39 is 20.0 Å².